The summed E-state index contributed by atoms with van der Waals surface area (Å²) in [6, 6.07) is 0. The van der Waals surface area contributed by atoms with E-state index in [4.69, 9.17) is 9.47 Å². The molecule has 0 spiro atoms. The second-order valence-electron chi connectivity index (χ2n) is 6.92. The van der Waals surface area contributed by atoms with Crippen LogP contribution in [0, 0.1) is 11.8 Å². The predicted molar refractivity (Wildman–Crippen MR) is 96.4 cm³/mol. The smallest absolute Gasteiger partial charge is 0.334 e. The van der Waals surface area contributed by atoms with Crippen LogP contribution in [0.4, 0.5) is 0 Å². The van der Waals surface area contributed by atoms with Crippen LogP contribution in [-0.2, 0) is 23.9 Å². The van der Waals surface area contributed by atoms with Gasteiger partial charge in [0.2, 0.25) is 0 Å². The van der Waals surface area contributed by atoms with Crippen LogP contribution < -0.4 is 0 Å². The maximum absolute atomic E-state index is 12.4. The Kier molecular flexibility index (Phi) is 7.10. The first kappa shape index (κ1) is 21.1. The third kappa shape index (κ3) is 4.54. The number of carbonyl (C=O) groups excluding carboxylic acids is 3. The lowest BCUT2D eigenvalue weighted by Crippen LogP contribution is -2.43. The van der Waals surface area contributed by atoms with Crippen LogP contribution in [-0.4, -0.2) is 53.4 Å². The van der Waals surface area contributed by atoms with E-state index in [1.54, 1.807) is 19.1 Å². The standard InChI is InChI=1S/C20H26O7/c1-4-11(2)19(24)27-18-16-12(3)20(25)26-15(16)8-13(9-21)6-5-7-14(10-22)17(18)23/h7-8,10-11,15-18,21,23H,3-6,9H2,1-2H3/b13-8-,14-7?/t11-,15+,16-,17-,18+/m0/s1. The summed E-state index contributed by atoms with van der Waals surface area (Å²) in [5, 5.41) is 20.3. The average molecular weight is 378 g/mol. The summed E-state index contributed by atoms with van der Waals surface area (Å²) in [5.41, 5.74) is 0.736. The Bertz CT molecular complexity index is 676. The lowest BCUT2D eigenvalue weighted by molar-refractivity contribution is -0.162. The molecule has 0 aromatic heterocycles. The highest BCUT2D eigenvalue weighted by molar-refractivity contribution is 5.91. The zero-order valence-corrected chi connectivity index (χ0v) is 15.6. The molecule has 0 radical (unpaired) electrons. The van der Waals surface area contributed by atoms with Gasteiger partial charge in [0.05, 0.1) is 18.4 Å². The summed E-state index contributed by atoms with van der Waals surface area (Å²) in [4.78, 5) is 36.0. The Balaban J connectivity index is 2.50. The Morgan fingerprint density at radius 3 is 2.81 bits per heavy atom. The molecule has 1 aliphatic carbocycles. The van der Waals surface area contributed by atoms with Crippen LogP contribution in [0.5, 0.6) is 0 Å². The Morgan fingerprint density at radius 1 is 1.52 bits per heavy atom. The van der Waals surface area contributed by atoms with Crippen molar-refractivity contribution in [1.29, 1.82) is 0 Å². The summed E-state index contributed by atoms with van der Waals surface area (Å²) in [6.45, 7) is 7.01. The fourth-order valence-electron chi connectivity index (χ4n) is 3.18. The third-order valence-corrected chi connectivity index (χ3v) is 5.12. The first-order chi connectivity index (χ1) is 12.8. The molecule has 1 fully saturated rings. The third-order valence-electron chi connectivity index (χ3n) is 5.12. The molecule has 2 rings (SSSR count). The number of aliphatic hydroxyl groups is 2. The van der Waals surface area contributed by atoms with Crippen molar-refractivity contribution in [2.75, 3.05) is 6.61 Å². The number of hydrogen-bond donors (Lipinski definition) is 2. The molecule has 2 aliphatic rings. The molecule has 1 saturated heterocycles. The maximum atomic E-state index is 12.4. The van der Waals surface area contributed by atoms with E-state index in [-0.39, 0.29) is 17.8 Å². The summed E-state index contributed by atoms with van der Waals surface area (Å²) < 4.78 is 10.9. The topological polar surface area (TPSA) is 110 Å². The fourth-order valence-corrected chi connectivity index (χ4v) is 3.18. The minimum atomic E-state index is -1.42. The van der Waals surface area contributed by atoms with Gasteiger partial charge in [-0.3, -0.25) is 9.59 Å². The molecule has 27 heavy (non-hydrogen) atoms. The molecule has 0 unspecified atom stereocenters. The van der Waals surface area contributed by atoms with Crippen molar-refractivity contribution >= 4 is 18.2 Å². The molecule has 0 amide bonds. The number of carbonyl (C=O) groups is 3. The minimum Gasteiger partial charge on any atom is -0.458 e. The van der Waals surface area contributed by atoms with Crippen molar-refractivity contribution in [1.82, 2.24) is 0 Å². The van der Waals surface area contributed by atoms with Crippen LogP contribution in [0.3, 0.4) is 0 Å². The molecular formula is C20H26O7. The van der Waals surface area contributed by atoms with E-state index >= 15 is 0 Å². The van der Waals surface area contributed by atoms with Gasteiger partial charge >= 0.3 is 11.9 Å². The van der Waals surface area contributed by atoms with Gasteiger partial charge < -0.3 is 19.7 Å². The van der Waals surface area contributed by atoms with Crippen LogP contribution in [0.25, 0.3) is 0 Å². The summed E-state index contributed by atoms with van der Waals surface area (Å²) in [7, 11) is 0. The molecule has 148 valence electrons. The molecule has 0 saturated carbocycles. The molecule has 5 atom stereocenters. The quantitative estimate of drug-likeness (QED) is 0.320. The number of aldehydes is 1. The van der Waals surface area contributed by atoms with Gasteiger partial charge in [0.25, 0.3) is 0 Å². The molecule has 2 N–H and O–H groups in total. The first-order valence-electron chi connectivity index (χ1n) is 9.08. The van der Waals surface area contributed by atoms with E-state index in [0.717, 1.165) is 0 Å². The number of ether oxygens (including phenoxy) is 2. The Labute approximate surface area is 158 Å². The van der Waals surface area contributed by atoms with Crippen LogP contribution in [0.2, 0.25) is 0 Å². The molecule has 7 nitrogen and oxygen atoms in total. The zero-order chi connectivity index (χ0) is 20.1. The van der Waals surface area contributed by atoms with E-state index in [2.05, 4.69) is 6.58 Å². The molecule has 0 bridgehead atoms. The van der Waals surface area contributed by atoms with Crippen molar-refractivity contribution in [3.05, 3.63) is 35.5 Å². The van der Waals surface area contributed by atoms with Crippen molar-refractivity contribution in [2.24, 2.45) is 11.8 Å². The lowest BCUT2D eigenvalue weighted by atomic mass is 9.83. The number of esters is 2. The maximum Gasteiger partial charge on any atom is 0.334 e. The SMILES string of the molecule is C=C1C(=O)O[C@@H]2/C=C(\CO)CCC=C(C=O)[C@H](O)[C@H](OC(=O)[C@@H](C)CC)[C@@H]12. The largest absolute Gasteiger partial charge is 0.458 e. The minimum absolute atomic E-state index is 0.0559. The van der Waals surface area contributed by atoms with E-state index < -0.39 is 42.1 Å². The number of fused-ring (bicyclic) bond motifs is 1. The Hall–Kier alpha value is -2.25. The van der Waals surface area contributed by atoms with Gasteiger partial charge in [-0.25, -0.2) is 4.79 Å². The summed E-state index contributed by atoms with van der Waals surface area (Å²) >= 11 is 0. The summed E-state index contributed by atoms with van der Waals surface area (Å²) in [6.07, 6.45) is 1.57. The van der Waals surface area contributed by atoms with Gasteiger partial charge in [0.1, 0.15) is 24.6 Å². The molecule has 0 aromatic carbocycles. The van der Waals surface area contributed by atoms with E-state index in [0.29, 0.717) is 31.1 Å². The van der Waals surface area contributed by atoms with Crippen molar-refractivity contribution in [3.63, 3.8) is 0 Å². The van der Waals surface area contributed by atoms with Crippen molar-refractivity contribution in [3.8, 4) is 0 Å². The second kappa shape index (κ2) is 9.10. The van der Waals surface area contributed by atoms with Gasteiger partial charge in [0, 0.05) is 11.1 Å². The van der Waals surface area contributed by atoms with Crippen molar-refractivity contribution < 1.29 is 34.1 Å². The molecular weight excluding hydrogens is 352 g/mol. The number of allylic oxidation sites excluding steroid dienone is 1. The monoisotopic (exact) mass is 378 g/mol. The first-order valence-corrected chi connectivity index (χ1v) is 9.08. The highest BCUT2D eigenvalue weighted by atomic mass is 16.6. The van der Waals surface area contributed by atoms with Crippen molar-refractivity contribution in [2.45, 2.75) is 51.4 Å². The number of aliphatic hydroxyl groups excluding tert-OH is 2. The van der Waals surface area contributed by atoms with Crippen LogP contribution in [0.1, 0.15) is 33.1 Å². The molecule has 1 heterocycles. The average Bonchev–Trinajstić information content (AvgIpc) is 2.94. The molecule has 0 aromatic rings. The van der Waals surface area contributed by atoms with Gasteiger partial charge in [-0.05, 0) is 30.9 Å². The predicted octanol–water partition coefficient (Wildman–Crippen LogP) is 1.24. The fraction of sp³-hybridized carbons (Fsp3) is 0.550. The zero-order valence-electron chi connectivity index (χ0n) is 15.6. The molecule has 1 aliphatic heterocycles. The molecule has 7 heteroatoms. The van der Waals surface area contributed by atoms with Gasteiger partial charge in [-0.15, -0.1) is 0 Å². The summed E-state index contributed by atoms with van der Waals surface area (Å²) in [5.74, 6) is -2.47. The van der Waals surface area contributed by atoms with Gasteiger partial charge in [-0.1, -0.05) is 26.5 Å². The highest BCUT2D eigenvalue weighted by Gasteiger charge is 2.48. The van der Waals surface area contributed by atoms with Crippen LogP contribution >= 0.6 is 0 Å². The normalized spacial score (nSPS) is 31.7. The number of rotatable bonds is 5. The number of hydrogen-bond acceptors (Lipinski definition) is 7. The Morgan fingerprint density at radius 2 is 2.22 bits per heavy atom. The second-order valence-corrected chi connectivity index (χ2v) is 6.92. The van der Waals surface area contributed by atoms with E-state index in [1.165, 1.54) is 0 Å². The van der Waals surface area contributed by atoms with E-state index in [9.17, 15) is 24.6 Å². The van der Waals surface area contributed by atoms with E-state index in [1.807, 2.05) is 6.92 Å². The highest BCUT2D eigenvalue weighted by Crippen LogP contribution is 2.36. The van der Waals surface area contributed by atoms with Crippen LogP contribution in [0.15, 0.2) is 35.5 Å². The lowest BCUT2D eigenvalue weighted by Gasteiger charge is -2.31. The van der Waals surface area contributed by atoms with Gasteiger partial charge in [-0.2, -0.15) is 0 Å². The van der Waals surface area contributed by atoms with Gasteiger partial charge in [0.15, 0.2) is 0 Å².